The van der Waals surface area contributed by atoms with E-state index in [-0.39, 0.29) is 5.97 Å². The Labute approximate surface area is 159 Å². The molecule has 2 aliphatic heterocycles. The molecule has 0 N–H and O–H groups in total. The van der Waals surface area contributed by atoms with Crippen molar-refractivity contribution in [1.82, 2.24) is 19.7 Å². The van der Waals surface area contributed by atoms with E-state index in [0.717, 1.165) is 56.4 Å². The molecule has 0 unspecified atom stereocenters. The van der Waals surface area contributed by atoms with Crippen LogP contribution in [0.4, 0.5) is 5.82 Å². The molecule has 1 atom stereocenters. The summed E-state index contributed by atoms with van der Waals surface area (Å²) in [5.41, 5.74) is 0.497. The van der Waals surface area contributed by atoms with E-state index in [9.17, 15) is 4.79 Å². The first-order valence-corrected chi connectivity index (χ1v) is 10.1. The van der Waals surface area contributed by atoms with Crippen molar-refractivity contribution in [3.63, 3.8) is 0 Å². The average molecular weight is 369 g/mol. The number of anilines is 1. The van der Waals surface area contributed by atoms with Crippen LogP contribution in [0.15, 0.2) is 18.3 Å². The number of pyridine rings is 1. The third-order valence-electron chi connectivity index (χ3n) is 5.51. The van der Waals surface area contributed by atoms with Crippen molar-refractivity contribution < 1.29 is 9.53 Å². The van der Waals surface area contributed by atoms with Crippen LogP contribution in [0, 0.1) is 0 Å². The van der Waals surface area contributed by atoms with Gasteiger partial charge in [-0.25, -0.2) is 9.78 Å². The first kappa shape index (κ1) is 17.9. The topological polar surface area (TPSA) is 73.1 Å². The van der Waals surface area contributed by atoms with Crippen molar-refractivity contribution >= 4 is 11.8 Å². The van der Waals surface area contributed by atoms with E-state index in [1.165, 1.54) is 19.3 Å². The third-order valence-corrected chi connectivity index (χ3v) is 5.51. The Morgan fingerprint density at radius 1 is 1.19 bits per heavy atom. The highest BCUT2D eigenvalue weighted by molar-refractivity contribution is 5.89. The number of esters is 1. The third kappa shape index (κ3) is 3.82. The minimum Gasteiger partial charge on any atom is -0.462 e. The maximum Gasteiger partial charge on any atom is 0.339 e. The number of aromatic nitrogens is 4. The lowest BCUT2D eigenvalue weighted by Crippen LogP contribution is -2.36. The van der Waals surface area contributed by atoms with Crippen molar-refractivity contribution in [2.75, 3.05) is 24.6 Å². The molecule has 0 bridgehead atoms. The van der Waals surface area contributed by atoms with Crippen molar-refractivity contribution in [3.8, 4) is 0 Å². The second-order valence-corrected chi connectivity index (χ2v) is 7.35. The van der Waals surface area contributed by atoms with E-state index in [0.29, 0.717) is 18.1 Å². The fourth-order valence-electron chi connectivity index (χ4n) is 4.11. The zero-order chi connectivity index (χ0) is 18.6. The summed E-state index contributed by atoms with van der Waals surface area (Å²) in [4.78, 5) is 18.6. The van der Waals surface area contributed by atoms with Gasteiger partial charge in [0.15, 0.2) is 0 Å². The molecule has 0 spiro atoms. The van der Waals surface area contributed by atoms with E-state index >= 15 is 0 Å². The van der Waals surface area contributed by atoms with Crippen LogP contribution in [0.3, 0.4) is 0 Å². The Balaban J connectivity index is 1.49. The molecule has 7 nitrogen and oxygen atoms in total. The van der Waals surface area contributed by atoms with Gasteiger partial charge in [0.05, 0.1) is 12.2 Å². The fourth-order valence-corrected chi connectivity index (χ4v) is 4.11. The maximum absolute atomic E-state index is 11.8. The zero-order valence-electron chi connectivity index (χ0n) is 15.9. The Kier molecular flexibility index (Phi) is 5.36. The number of aryl methyl sites for hydroxylation is 1. The molecule has 0 saturated carbocycles. The molecule has 2 aliphatic rings. The lowest BCUT2D eigenvalue weighted by Gasteiger charge is -2.33. The average Bonchev–Trinajstić information content (AvgIpc) is 2.97. The fraction of sp³-hybridized carbons (Fsp3) is 0.600. The smallest absolute Gasteiger partial charge is 0.339 e. The van der Waals surface area contributed by atoms with Gasteiger partial charge < -0.3 is 14.2 Å². The molecule has 2 aromatic rings. The number of rotatable bonds is 4. The van der Waals surface area contributed by atoms with Gasteiger partial charge in [-0.2, -0.15) is 0 Å². The van der Waals surface area contributed by atoms with Gasteiger partial charge in [-0.15, -0.1) is 10.2 Å². The molecule has 1 fully saturated rings. The van der Waals surface area contributed by atoms with Crippen LogP contribution in [0.2, 0.25) is 0 Å². The minimum atomic E-state index is -0.320. The number of carbonyl (C=O) groups is 1. The van der Waals surface area contributed by atoms with E-state index in [1.807, 2.05) is 6.07 Å². The van der Waals surface area contributed by atoms with Crippen LogP contribution in [-0.4, -0.2) is 45.4 Å². The molecule has 27 heavy (non-hydrogen) atoms. The predicted molar refractivity (Wildman–Crippen MR) is 102 cm³/mol. The van der Waals surface area contributed by atoms with Crippen LogP contribution in [0.1, 0.15) is 67.0 Å². The van der Waals surface area contributed by atoms with Crippen molar-refractivity contribution in [2.24, 2.45) is 0 Å². The normalized spacial score (nSPS) is 20.0. The molecule has 2 aromatic heterocycles. The van der Waals surface area contributed by atoms with Gasteiger partial charge in [-0.1, -0.05) is 6.42 Å². The van der Waals surface area contributed by atoms with Crippen LogP contribution < -0.4 is 4.90 Å². The van der Waals surface area contributed by atoms with Gasteiger partial charge in [0.2, 0.25) is 0 Å². The van der Waals surface area contributed by atoms with E-state index in [2.05, 4.69) is 24.6 Å². The molecular weight excluding hydrogens is 342 g/mol. The molecule has 0 amide bonds. The van der Waals surface area contributed by atoms with Crippen molar-refractivity contribution in [1.29, 1.82) is 0 Å². The highest BCUT2D eigenvalue weighted by atomic mass is 16.5. The molecular formula is C20H27N5O2. The summed E-state index contributed by atoms with van der Waals surface area (Å²) < 4.78 is 7.39. The number of fused-ring (bicyclic) bond motifs is 1. The lowest BCUT2D eigenvalue weighted by atomic mass is 9.97. The number of carbonyl (C=O) groups excluding carboxylic acids is 1. The largest absolute Gasteiger partial charge is 0.462 e. The van der Waals surface area contributed by atoms with E-state index in [4.69, 9.17) is 4.74 Å². The summed E-state index contributed by atoms with van der Waals surface area (Å²) in [7, 11) is 0. The second kappa shape index (κ2) is 8.06. The summed E-state index contributed by atoms with van der Waals surface area (Å²) in [5, 5.41) is 9.02. The molecule has 0 radical (unpaired) electrons. The van der Waals surface area contributed by atoms with Crippen LogP contribution in [0.25, 0.3) is 0 Å². The molecule has 0 aromatic carbocycles. The molecule has 4 rings (SSSR count). The molecule has 144 valence electrons. The van der Waals surface area contributed by atoms with Gasteiger partial charge in [0.25, 0.3) is 0 Å². The highest BCUT2D eigenvalue weighted by Crippen LogP contribution is 2.30. The van der Waals surface area contributed by atoms with Crippen LogP contribution in [-0.2, 0) is 17.7 Å². The standard InChI is InChI=1S/C20H27N5O2/c1-2-27-20(26)15-9-10-17(21-13-15)24-11-6-7-16(14-24)19-23-22-18-8-4-3-5-12-25(18)19/h9-10,13,16H,2-8,11-12,14H2,1H3/t16-/m0/s1. The molecule has 1 saturated heterocycles. The Hall–Kier alpha value is -2.44. The molecule has 0 aliphatic carbocycles. The second-order valence-electron chi connectivity index (χ2n) is 7.35. The van der Waals surface area contributed by atoms with Gasteiger partial charge >= 0.3 is 5.97 Å². The van der Waals surface area contributed by atoms with Gasteiger partial charge in [0, 0.05) is 38.2 Å². The predicted octanol–water partition coefficient (Wildman–Crippen LogP) is 2.96. The molecule has 7 heteroatoms. The number of nitrogens with zero attached hydrogens (tertiary/aromatic N) is 5. The Morgan fingerprint density at radius 3 is 2.93 bits per heavy atom. The summed E-state index contributed by atoms with van der Waals surface area (Å²) >= 11 is 0. The summed E-state index contributed by atoms with van der Waals surface area (Å²) in [6.07, 6.45) is 8.59. The van der Waals surface area contributed by atoms with Crippen molar-refractivity contribution in [3.05, 3.63) is 35.5 Å². The summed E-state index contributed by atoms with van der Waals surface area (Å²) in [6, 6.07) is 3.71. The van der Waals surface area contributed by atoms with E-state index < -0.39 is 0 Å². The SMILES string of the molecule is CCOC(=O)c1ccc(N2CCC[C@H](c3nnc4n3CCCCC4)C2)nc1. The van der Waals surface area contributed by atoms with Gasteiger partial charge in [-0.05, 0) is 44.7 Å². The Bertz CT molecular complexity index is 786. The van der Waals surface area contributed by atoms with Crippen molar-refractivity contribution in [2.45, 2.75) is 57.9 Å². The first-order chi connectivity index (χ1) is 13.3. The lowest BCUT2D eigenvalue weighted by molar-refractivity contribution is 0.0526. The number of ether oxygens (including phenoxy) is 1. The summed E-state index contributed by atoms with van der Waals surface area (Å²) in [6.45, 7) is 5.09. The quantitative estimate of drug-likeness (QED) is 0.772. The Morgan fingerprint density at radius 2 is 2.11 bits per heavy atom. The molecule has 4 heterocycles. The zero-order valence-corrected chi connectivity index (χ0v) is 15.9. The summed E-state index contributed by atoms with van der Waals surface area (Å²) in [5.74, 6) is 3.25. The highest BCUT2D eigenvalue weighted by Gasteiger charge is 2.28. The monoisotopic (exact) mass is 369 g/mol. The van der Waals surface area contributed by atoms with Gasteiger partial charge in [-0.3, -0.25) is 0 Å². The number of hydrogen-bond acceptors (Lipinski definition) is 6. The van der Waals surface area contributed by atoms with Crippen LogP contribution in [0.5, 0.6) is 0 Å². The van der Waals surface area contributed by atoms with Crippen LogP contribution >= 0.6 is 0 Å². The van der Waals surface area contributed by atoms with E-state index in [1.54, 1.807) is 19.2 Å². The van der Waals surface area contributed by atoms with Gasteiger partial charge in [0.1, 0.15) is 17.5 Å². The maximum atomic E-state index is 11.8. The first-order valence-electron chi connectivity index (χ1n) is 10.1. The number of piperidine rings is 1. The number of hydrogen-bond donors (Lipinski definition) is 0. The minimum absolute atomic E-state index is 0.320.